The minimum Gasteiger partial charge on any atom is -0.383 e. The summed E-state index contributed by atoms with van der Waals surface area (Å²) in [6, 6.07) is 3.22. The molecule has 204 valence electrons. The topological polar surface area (TPSA) is 125 Å². The summed E-state index contributed by atoms with van der Waals surface area (Å²) >= 11 is 5.90. The second-order valence-electron chi connectivity index (χ2n) is 10.1. The van der Waals surface area contributed by atoms with Gasteiger partial charge in [-0.3, -0.25) is 14.3 Å². The summed E-state index contributed by atoms with van der Waals surface area (Å²) < 4.78 is 42.6. The van der Waals surface area contributed by atoms with E-state index in [2.05, 4.69) is 22.0 Å². The van der Waals surface area contributed by atoms with Crippen molar-refractivity contribution in [1.29, 1.82) is 0 Å². The number of hydrogen-bond acceptors (Lipinski definition) is 5. The first-order chi connectivity index (χ1) is 18.4. The molecule has 2 fully saturated rings. The van der Waals surface area contributed by atoms with Crippen molar-refractivity contribution >= 4 is 29.2 Å². The van der Waals surface area contributed by atoms with Gasteiger partial charge in [0.15, 0.2) is 0 Å². The lowest BCUT2D eigenvalue weighted by Crippen LogP contribution is -2.42. The summed E-state index contributed by atoms with van der Waals surface area (Å²) in [5.74, 6) is 4.42. The number of carbonyl (C=O) groups excluding carboxylic acids is 2. The number of primary amides is 1. The van der Waals surface area contributed by atoms with E-state index in [9.17, 15) is 22.8 Å². The predicted molar refractivity (Wildman–Crippen MR) is 137 cm³/mol. The lowest BCUT2D eigenvalue weighted by atomic mass is 9.65. The molecule has 4 N–H and O–H groups in total. The van der Waals surface area contributed by atoms with E-state index < -0.39 is 17.6 Å². The third-order valence-corrected chi connectivity index (χ3v) is 7.59. The highest BCUT2D eigenvalue weighted by Crippen LogP contribution is 2.54. The fraction of sp³-hybridized carbons (Fsp3) is 0.385. The van der Waals surface area contributed by atoms with Crippen LogP contribution in [0.25, 0.3) is 11.3 Å². The summed E-state index contributed by atoms with van der Waals surface area (Å²) in [7, 11) is 0. The molecular weight excluding hydrogens is 535 g/mol. The van der Waals surface area contributed by atoms with Gasteiger partial charge in [-0.25, -0.2) is 4.68 Å². The first-order valence-corrected chi connectivity index (χ1v) is 12.6. The van der Waals surface area contributed by atoms with E-state index in [1.165, 1.54) is 16.9 Å². The smallest absolute Gasteiger partial charge is 0.383 e. The van der Waals surface area contributed by atoms with Crippen molar-refractivity contribution in [2.24, 2.45) is 11.1 Å². The van der Waals surface area contributed by atoms with Crippen LogP contribution in [-0.4, -0.2) is 49.4 Å². The van der Waals surface area contributed by atoms with E-state index in [0.29, 0.717) is 24.2 Å². The van der Waals surface area contributed by atoms with Crippen LogP contribution in [0.15, 0.2) is 30.6 Å². The second kappa shape index (κ2) is 9.64. The van der Waals surface area contributed by atoms with Crippen LogP contribution in [0.3, 0.4) is 0 Å². The van der Waals surface area contributed by atoms with Crippen LogP contribution >= 0.6 is 11.6 Å². The van der Waals surface area contributed by atoms with Crippen molar-refractivity contribution in [3.05, 3.63) is 52.3 Å². The molecule has 1 saturated heterocycles. The summed E-state index contributed by atoms with van der Waals surface area (Å²) in [4.78, 5) is 26.2. The number of anilines is 1. The van der Waals surface area contributed by atoms with E-state index in [1.54, 1.807) is 22.7 Å². The second-order valence-corrected chi connectivity index (χ2v) is 10.5. The molecule has 9 nitrogen and oxygen atoms in total. The fourth-order valence-electron chi connectivity index (χ4n) is 5.58. The Morgan fingerprint density at radius 2 is 2.00 bits per heavy atom. The molecule has 5 rings (SSSR count). The number of rotatable bonds is 5. The van der Waals surface area contributed by atoms with E-state index in [0.717, 1.165) is 31.4 Å². The van der Waals surface area contributed by atoms with Gasteiger partial charge in [-0.05, 0) is 61.3 Å². The van der Waals surface area contributed by atoms with E-state index in [1.807, 2.05) is 0 Å². The number of aromatic nitrogens is 4. The van der Waals surface area contributed by atoms with Crippen LogP contribution < -0.4 is 11.5 Å². The number of nitrogens with two attached hydrogens (primary N) is 2. The summed E-state index contributed by atoms with van der Waals surface area (Å²) in [5.41, 5.74) is 12.1. The van der Waals surface area contributed by atoms with Gasteiger partial charge in [0.1, 0.15) is 17.1 Å². The predicted octanol–water partition coefficient (Wildman–Crippen LogP) is 3.73. The molecule has 1 aliphatic heterocycles. The monoisotopic (exact) mass is 559 g/mol. The van der Waals surface area contributed by atoms with Crippen molar-refractivity contribution in [2.75, 3.05) is 18.8 Å². The Hall–Kier alpha value is -3.98. The van der Waals surface area contributed by atoms with Gasteiger partial charge in [0, 0.05) is 29.9 Å². The van der Waals surface area contributed by atoms with Crippen LogP contribution in [0.2, 0.25) is 5.02 Å². The molecule has 0 radical (unpaired) electrons. The highest BCUT2D eigenvalue weighted by molar-refractivity contribution is 6.30. The Labute approximate surface area is 226 Å². The van der Waals surface area contributed by atoms with Gasteiger partial charge >= 0.3 is 6.18 Å². The molecule has 1 spiro atoms. The molecule has 2 aliphatic rings. The molecule has 1 saturated carbocycles. The van der Waals surface area contributed by atoms with Gasteiger partial charge in [-0.1, -0.05) is 17.5 Å². The van der Waals surface area contributed by atoms with Crippen LogP contribution in [0, 0.1) is 17.3 Å². The zero-order valence-electron chi connectivity index (χ0n) is 20.9. The number of nitrogen functional groups attached to an aromatic ring is 1. The van der Waals surface area contributed by atoms with Crippen molar-refractivity contribution in [1.82, 2.24) is 24.5 Å². The summed E-state index contributed by atoms with van der Waals surface area (Å²) in [5, 5.41) is 8.79. The van der Waals surface area contributed by atoms with Crippen molar-refractivity contribution in [3.63, 3.8) is 0 Å². The highest BCUT2D eigenvalue weighted by atomic mass is 35.5. The third-order valence-electron chi connectivity index (χ3n) is 7.37. The molecule has 0 bridgehead atoms. The Morgan fingerprint density at radius 1 is 1.26 bits per heavy atom. The standard InChI is InChI=1S/C26H25ClF3N7O2/c1-2-3-20(38)35-5-4-25(14-35)9-19(10-25)37-23(31)21(24(32)39)22(34-37)16-11-33-36(13-16)12-15-6-17(26(28,29)30)8-18(27)7-15/h6-8,11,13,19H,4-5,9-10,12,14,31H2,1H3,(H2,32,39). The first kappa shape index (κ1) is 26.6. The number of carbonyl (C=O) groups is 2. The Balaban J connectivity index is 1.36. The number of benzene rings is 1. The van der Waals surface area contributed by atoms with Gasteiger partial charge in [-0.2, -0.15) is 23.4 Å². The van der Waals surface area contributed by atoms with Gasteiger partial charge in [0.05, 0.1) is 24.3 Å². The maximum Gasteiger partial charge on any atom is 0.416 e. The van der Waals surface area contributed by atoms with Crippen LogP contribution in [0.4, 0.5) is 19.0 Å². The average molecular weight is 560 g/mol. The van der Waals surface area contributed by atoms with Crippen molar-refractivity contribution < 1.29 is 22.8 Å². The molecule has 2 aromatic heterocycles. The number of alkyl halides is 3. The zero-order valence-corrected chi connectivity index (χ0v) is 21.7. The number of halogens is 4. The van der Waals surface area contributed by atoms with Crippen LogP contribution in [0.1, 0.15) is 53.7 Å². The Kier molecular flexibility index (Phi) is 6.58. The summed E-state index contributed by atoms with van der Waals surface area (Å²) in [6.07, 6.45) is 0.787. The first-order valence-electron chi connectivity index (χ1n) is 12.2. The zero-order chi connectivity index (χ0) is 28.1. The summed E-state index contributed by atoms with van der Waals surface area (Å²) in [6.45, 7) is 2.89. The molecule has 3 aromatic rings. The maximum atomic E-state index is 13.2. The molecule has 13 heteroatoms. The van der Waals surface area contributed by atoms with Gasteiger partial charge < -0.3 is 16.4 Å². The molecule has 2 amide bonds. The quantitative estimate of drug-likeness (QED) is 0.461. The highest BCUT2D eigenvalue weighted by Gasteiger charge is 2.51. The van der Waals surface area contributed by atoms with Gasteiger partial charge in [-0.15, -0.1) is 0 Å². The Bertz CT molecular complexity index is 1530. The molecule has 0 atom stereocenters. The van der Waals surface area contributed by atoms with Crippen molar-refractivity contribution in [2.45, 2.75) is 44.9 Å². The number of likely N-dealkylation sites (tertiary alicyclic amines) is 1. The minimum absolute atomic E-state index is 0.00844. The van der Waals surface area contributed by atoms with E-state index in [-0.39, 0.29) is 46.0 Å². The fourth-order valence-corrected chi connectivity index (χ4v) is 5.83. The molecule has 1 aromatic carbocycles. The maximum absolute atomic E-state index is 13.2. The number of nitrogens with zero attached hydrogens (tertiary/aromatic N) is 5. The normalized spacial score (nSPS) is 20.5. The molecule has 3 heterocycles. The van der Waals surface area contributed by atoms with E-state index >= 15 is 0 Å². The number of hydrogen-bond donors (Lipinski definition) is 2. The molecular formula is C26H25ClF3N7O2. The third kappa shape index (κ3) is 5.06. The van der Waals surface area contributed by atoms with E-state index in [4.69, 9.17) is 23.1 Å². The van der Waals surface area contributed by atoms with Crippen LogP contribution in [-0.2, 0) is 17.5 Å². The largest absolute Gasteiger partial charge is 0.416 e. The average Bonchev–Trinajstić information content (AvgIpc) is 3.54. The lowest BCUT2D eigenvalue weighted by molar-refractivity contribution is -0.137. The SMILES string of the molecule is CC#CC(=O)N1CCC2(CC(n3nc(-c4cnn(Cc5cc(Cl)cc(C(F)(F)F)c5)c4)c(C(N)=O)c3N)C2)C1. The minimum atomic E-state index is -4.54. The molecule has 0 unspecified atom stereocenters. The van der Waals surface area contributed by atoms with Gasteiger partial charge in [0.25, 0.3) is 11.8 Å². The Morgan fingerprint density at radius 3 is 2.67 bits per heavy atom. The molecule has 39 heavy (non-hydrogen) atoms. The lowest BCUT2D eigenvalue weighted by Gasteiger charge is -2.45. The van der Waals surface area contributed by atoms with Crippen molar-refractivity contribution in [3.8, 4) is 23.1 Å². The van der Waals surface area contributed by atoms with Gasteiger partial charge in [0.2, 0.25) is 0 Å². The van der Waals surface area contributed by atoms with Crippen LogP contribution in [0.5, 0.6) is 0 Å². The molecule has 1 aliphatic carbocycles. The number of amides is 2.